The van der Waals surface area contributed by atoms with Gasteiger partial charge in [-0.15, -0.1) is 0 Å². The Bertz CT molecular complexity index is 1120. The SMILES string of the molecule is CC[C@H](C)NC(=O)[C@H](CC)N(Cc1cccc(OC)c1)C(=O)CN(c1ccccc1C)S(C)(=O)=O. The van der Waals surface area contributed by atoms with Crippen LogP contribution in [-0.2, 0) is 26.2 Å². The van der Waals surface area contributed by atoms with E-state index in [0.29, 0.717) is 17.9 Å². The lowest BCUT2D eigenvalue weighted by Crippen LogP contribution is -2.53. The first kappa shape index (κ1) is 28.2. The summed E-state index contributed by atoms with van der Waals surface area (Å²) in [6.45, 7) is 7.22. The van der Waals surface area contributed by atoms with E-state index in [1.807, 2.05) is 39.0 Å². The fourth-order valence-electron chi connectivity index (χ4n) is 3.77. The quantitative estimate of drug-likeness (QED) is 0.478. The minimum absolute atomic E-state index is 0.0511. The summed E-state index contributed by atoms with van der Waals surface area (Å²) in [5, 5.41) is 2.96. The molecule has 0 aliphatic carbocycles. The highest BCUT2D eigenvalue weighted by Gasteiger charge is 2.32. The third-order valence-electron chi connectivity index (χ3n) is 5.94. The van der Waals surface area contributed by atoms with Crippen LogP contribution in [0.5, 0.6) is 5.75 Å². The number of hydrogen-bond acceptors (Lipinski definition) is 5. The lowest BCUT2D eigenvalue weighted by atomic mass is 10.1. The van der Waals surface area contributed by atoms with Gasteiger partial charge in [0.1, 0.15) is 18.3 Å². The number of sulfonamides is 1. The number of carbonyl (C=O) groups excluding carboxylic acids is 2. The zero-order valence-electron chi connectivity index (χ0n) is 21.4. The molecule has 2 rings (SSSR count). The van der Waals surface area contributed by atoms with Crippen molar-refractivity contribution in [2.75, 3.05) is 24.2 Å². The van der Waals surface area contributed by atoms with E-state index in [0.717, 1.165) is 28.1 Å². The van der Waals surface area contributed by atoms with Crippen LogP contribution in [-0.4, -0.2) is 57.1 Å². The first-order valence-corrected chi connectivity index (χ1v) is 13.6. The molecule has 0 aliphatic heterocycles. The molecule has 0 heterocycles. The van der Waals surface area contributed by atoms with E-state index >= 15 is 0 Å². The number of nitrogens with one attached hydrogen (secondary N) is 1. The Morgan fingerprint density at radius 3 is 2.31 bits per heavy atom. The number of ether oxygens (including phenoxy) is 1. The van der Waals surface area contributed by atoms with Crippen molar-refractivity contribution >= 4 is 27.5 Å². The first-order valence-electron chi connectivity index (χ1n) is 11.8. The highest BCUT2D eigenvalue weighted by atomic mass is 32.2. The van der Waals surface area contributed by atoms with Crippen LogP contribution in [0, 0.1) is 6.92 Å². The molecule has 2 aromatic rings. The van der Waals surface area contributed by atoms with E-state index in [9.17, 15) is 18.0 Å². The second-order valence-electron chi connectivity index (χ2n) is 8.67. The molecule has 0 saturated carbocycles. The largest absolute Gasteiger partial charge is 0.497 e. The number of benzene rings is 2. The van der Waals surface area contributed by atoms with Gasteiger partial charge >= 0.3 is 0 Å². The predicted molar refractivity (Wildman–Crippen MR) is 139 cm³/mol. The van der Waals surface area contributed by atoms with Crippen LogP contribution < -0.4 is 14.4 Å². The van der Waals surface area contributed by atoms with Gasteiger partial charge < -0.3 is 15.0 Å². The molecule has 2 atom stereocenters. The smallest absolute Gasteiger partial charge is 0.244 e. The van der Waals surface area contributed by atoms with Crippen molar-refractivity contribution in [1.82, 2.24) is 10.2 Å². The molecule has 8 nitrogen and oxygen atoms in total. The van der Waals surface area contributed by atoms with Crippen LogP contribution in [0.15, 0.2) is 48.5 Å². The molecular weight excluding hydrogens is 466 g/mol. The van der Waals surface area contributed by atoms with Crippen LogP contribution in [0.1, 0.15) is 44.7 Å². The Hall–Kier alpha value is -3.07. The molecule has 192 valence electrons. The van der Waals surface area contributed by atoms with E-state index in [1.54, 1.807) is 44.4 Å². The molecule has 0 spiro atoms. The number of aryl methyl sites for hydroxylation is 1. The topological polar surface area (TPSA) is 96.0 Å². The number of amides is 2. The fraction of sp³-hybridized carbons (Fsp3) is 0.462. The Labute approximate surface area is 209 Å². The molecule has 9 heteroatoms. The molecule has 0 unspecified atom stereocenters. The third kappa shape index (κ3) is 7.71. The molecule has 2 amide bonds. The minimum Gasteiger partial charge on any atom is -0.497 e. The van der Waals surface area contributed by atoms with Crippen molar-refractivity contribution in [3.63, 3.8) is 0 Å². The molecule has 0 radical (unpaired) electrons. The Balaban J connectivity index is 2.47. The van der Waals surface area contributed by atoms with Gasteiger partial charge in [-0.2, -0.15) is 0 Å². The van der Waals surface area contributed by atoms with Gasteiger partial charge in [0.05, 0.1) is 19.1 Å². The lowest BCUT2D eigenvalue weighted by molar-refractivity contribution is -0.140. The number of hydrogen-bond donors (Lipinski definition) is 1. The van der Waals surface area contributed by atoms with Crippen LogP contribution >= 0.6 is 0 Å². The second kappa shape index (κ2) is 12.6. The molecule has 1 N–H and O–H groups in total. The molecule has 0 bridgehead atoms. The normalized spacial score (nSPS) is 13.0. The van der Waals surface area contributed by atoms with Gasteiger partial charge in [0, 0.05) is 12.6 Å². The highest BCUT2D eigenvalue weighted by molar-refractivity contribution is 7.92. The number of methoxy groups -OCH3 is 1. The van der Waals surface area contributed by atoms with Gasteiger partial charge in [0.15, 0.2) is 0 Å². The van der Waals surface area contributed by atoms with Crippen molar-refractivity contribution in [2.45, 2.75) is 59.2 Å². The van der Waals surface area contributed by atoms with Gasteiger partial charge in [0.25, 0.3) is 0 Å². The summed E-state index contributed by atoms with van der Waals surface area (Å²) in [5.74, 6) is -0.0998. The summed E-state index contributed by atoms with van der Waals surface area (Å²) >= 11 is 0. The molecule has 0 aromatic heterocycles. The summed E-state index contributed by atoms with van der Waals surface area (Å²) in [5.41, 5.74) is 1.93. The number of rotatable bonds is 12. The molecule has 2 aromatic carbocycles. The third-order valence-corrected chi connectivity index (χ3v) is 7.06. The highest BCUT2D eigenvalue weighted by Crippen LogP contribution is 2.23. The number of nitrogens with zero attached hydrogens (tertiary/aromatic N) is 2. The summed E-state index contributed by atoms with van der Waals surface area (Å²) in [4.78, 5) is 28.3. The summed E-state index contributed by atoms with van der Waals surface area (Å²) < 4.78 is 31.8. The maximum absolute atomic E-state index is 13.7. The summed E-state index contributed by atoms with van der Waals surface area (Å²) in [6.07, 6.45) is 2.20. The van der Waals surface area contributed by atoms with Crippen molar-refractivity contribution in [2.24, 2.45) is 0 Å². The molecule has 0 saturated heterocycles. The van der Waals surface area contributed by atoms with E-state index < -0.39 is 28.5 Å². The standard InChI is InChI=1S/C26H37N3O5S/c1-7-20(4)27-26(31)23(8-2)28(17-21-13-11-14-22(16-21)34-5)25(30)18-29(35(6,32)33)24-15-10-9-12-19(24)3/h9-16,20,23H,7-8,17-18H2,1-6H3,(H,27,31)/t20-,23-/m0/s1. The van der Waals surface area contributed by atoms with Crippen molar-refractivity contribution < 1.29 is 22.7 Å². The van der Waals surface area contributed by atoms with Crippen LogP contribution in [0.4, 0.5) is 5.69 Å². The zero-order chi connectivity index (χ0) is 26.2. The van der Waals surface area contributed by atoms with Gasteiger partial charge in [0.2, 0.25) is 21.8 Å². The Morgan fingerprint density at radius 1 is 1.06 bits per heavy atom. The van der Waals surface area contributed by atoms with Gasteiger partial charge in [-0.1, -0.05) is 44.2 Å². The number of para-hydroxylation sites is 1. The van der Waals surface area contributed by atoms with Gasteiger partial charge in [-0.3, -0.25) is 13.9 Å². The van der Waals surface area contributed by atoms with Gasteiger partial charge in [-0.25, -0.2) is 8.42 Å². The van der Waals surface area contributed by atoms with E-state index in [4.69, 9.17) is 4.74 Å². The average molecular weight is 504 g/mol. The summed E-state index contributed by atoms with van der Waals surface area (Å²) in [6, 6.07) is 13.4. The second-order valence-corrected chi connectivity index (χ2v) is 10.6. The fourth-order valence-corrected chi connectivity index (χ4v) is 4.67. The van der Waals surface area contributed by atoms with Crippen LogP contribution in [0.2, 0.25) is 0 Å². The van der Waals surface area contributed by atoms with E-state index in [-0.39, 0.29) is 18.5 Å². The van der Waals surface area contributed by atoms with Crippen molar-refractivity contribution in [3.8, 4) is 5.75 Å². The monoisotopic (exact) mass is 503 g/mol. The molecular formula is C26H37N3O5S. The Kier molecular flexibility index (Phi) is 10.1. The average Bonchev–Trinajstić information content (AvgIpc) is 2.82. The maximum Gasteiger partial charge on any atom is 0.244 e. The van der Waals surface area contributed by atoms with E-state index in [2.05, 4.69) is 5.32 Å². The maximum atomic E-state index is 13.7. The van der Waals surface area contributed by atoms with E-state index in [1.165, 1.54) is 4.90 Å². The predicted octanol–water partition coefficient (Wildman–Crippen LogP) is 3.49. The van der Waals surface area contributed by atoms with Crippen molar-refractivity contribution in [3.05, 3.63) is 59.7 Å². The number of anilines is 1. The first-order chi connectivity index (χ1) is 16.5. The summed E-state index contributed by atoms with van der Waals surface area (Å²) in [7, 11) is -2.20. The van der Waals surface area contributed by atoms with Crippen molar-refractivity contribution in [1.29, 1.82) is 0 Å². The lowest BCUT2D eigenvalue weighted by Gasteiger charge is -2.33. The van der Waals surface area contributed by atoms with Gasteiger partial charge in [-0.05, 0) is 56.0 Å². The van der Waals surface area contributed by atoms with Crippen LogP contribution in [0.25, 0.3) is 0 Å². The molecule has 0 aliphatic rings. The molecule has 35 heavy (non-hydrogen) atoms. The Morgan fingerprint density at radius 2 is 1.74 bits per heavy atom. The van der Waals surface area contributed by atoms with Crippen LogP contribution in [0.3, 0.4) is 0 Å². The zero-order valence-corrected chi connectivity index (χ0v) is 22.3. The number of carbonyl (C=O) groups is 2. The minimum atomic E-state index is -3.76. The molecule has 0 fully saturated rings.